The molecule has 1 aromatic heterocycles. The van der Waals surface area contributed by atoms with Crippen molar-refractivity contribution in [3.05, 3.63) is 125 Å². The Balaban J connectivity index is 1.19. The number of nitrogens with zero attached hydrogens (tertiary/aromatic N) is 3. The van der Waals surface area contributed by atoms with Gasteiger partial charge in [0.15, 0.2) is 0 Å². The number of halogens is 3. The predicted octanol–water partition coefficient (Wildman–Crippen LogP) is 6.54. The molecule has 2 N–H and O–H groups in total. The van der Waals surface area contributed by atoms with Crippen LogP contribution in [-0.4, -0.2) is 63.4 Å². The van der Waals surface area contributed by atoms with E-state index in [2.05, 4.69) is 10.4 Å². The van der Waals surface area contributed by atoms with Crippen LogP contribution in [0.15, 0.2) is 108 Å². The van der Waals surface area contributed by atoms with E-state index in [4.69, 9.17) is 9.47 Å². The van der Waals surface area contributed by atoms with Crippen molar-refractivity contribution in [2.24, 2.45) is 7.05 Å². The number of carboxylic acids is 1. The number of hydrogen-bond acceptors (Lipinski definition) is 7. The van der Waals surface area contributed by atoms with E-state index in [0.717, 1.165) is 22.2 Å². The minimum atomic E-state index is -4.65. The number of esters is 1. The van der Waals surface area contributed by atoms with E-state index in [0.29, 0.717) is 11.1 Å². The van der Waals surface area contributed by atoms with Gasteiger partial charge >= 0.3 is 18.1 Å². The molecule has 11 nitrogen and oxygen atoms in total. The number of aromatic nitrogens is 2. The van der Waals surface area contributed by atoms with Gasteiger partial charge in [-0.25, -0.2) is 4.79 Å². The number of aliphatic carboxylic acids is 1. The third kappa shape index (κ3) is 9.50. The van der Waals surface area contributed by atoms with Gasteiger partial charge in [-0.1, -0.05) is 24.3 Å². The first-order valence-electron chi connectivity index (χ1n) is 15.6. The van der Waals surface area contributed by atoms with Gasteiger partial charge in [-0.2, -0.15) is 18.3 Å². The fraction of sp³-hybridized carbons (Fsp3) is 0.216. The maximum Gasteiger partial charge on any atom is 0.416 e. The first-order valence-corrected chi connectivity index (χ1v) is 15.6. The Hall–Kier alpha value is -6.18. The third-order valence-electron chi connectivity index (χ3n) is 7.97. The molecular formula is C37H33F3N4O7. The van der Waals surface area contributed by atoms with Crippen LogP contribution in [-0.2, 0) is 27.9 Å². The van der Waals surface area contributed by atoms with Crippen LogP contribution >= 0.6 is 0 Å². The minimum Gasteiger partial charge on any atom is -0.501 e. The monoisotopic (exact) mass is 702 g/mol. The molecule has 2 amide bonds. The molecule has 14 heteroatoms. The first-order chi connectivity index (χ1) is 24.3. The number of nitrogens with one attached hydrogen (secondary N) is 1. The zero-order valence-electron chi connectivity index (χ0n) is 27.6. The summed E-state index contributed by atoms with van der Waals surface area (Å²) in [6.45, 7) is -0.693. The van der Waals surface area contributed by atoms with Gasteiger partial charge in [-0.3, -0.25) is 19.1 Å². The molecule has 0 spiro atoms. The lowest BCUT2D eigenvalue weighted by Crippen LogP contribution is -2.35. The van der Waals surface area contributed by atoms with Crippen molar-refractivity contribution in [3.63, 3.8) is 0 Å². The number of hydrogen-bond donors (Lipinski definition) is 2. The van der Waals surface area contributed by atoms with Crippen LogP contribution in [0.3, 0.4) is 0 Å². The number of carbonyl (C=O) groups excluding carboxylic acids is 3. The average Bonchev–Trinajstić information content (AvgIpc) is 3.54. The number of carboxylic acid groups (broad SMARTS) is 1. The normalized spacial score (nSPS) is 12.9. The molecule has 0 bridgehead atoms. The molecule has 4 aromatic rings. The molecule has 1 aliphatic carbocycles. The number of aryl methyl sites for hydroxylation is 1. The van der Waals surface area contributed by atoms with E-state index in [1.807, 2.05) is 19.3 Å². The number of amides is 2. The van der Waals surface area contributed by atoms with Crippen LogP contribution in [0.1, 0.15) is 45.5 Å². The van der Waals surface area contributed by atoms with Gasteiger partial charge < -0.3 is 24.8 Å². The molecule has 5 rings (SSSR count). The van der Waals surface area contributed by atoms with Crippen molar-refractivity contribution in [2.75, 3.05) is 19.0 Å². The summed E-state index contributed by atoms with van der Waals surface area (Å²) in [6.07, 6.45) is -2.14. The summed E-state index contributed by atoms with van der Waals surface area (Å²) in [5.74, 6) is -2.66. The quantitative estimate of drug-likeness (QED) is 0.125. The lowest BCUT2D eigenvalue weighted by atomic mass is 9.93. The summed E-state index contributed by atoms with van der Waals surface area (Å²) in [4.78, 5) is 51.4. The SMILES string of the molecule is COC1=CC(C(F)(F)F)=C(CC(=O)Nc2ccc(C(=O)N(CC(=O)O)Cc3ccc(OC(=O)c4ccc(-c5ccn(C)n5)cc4)cc3)cc2)CC1. The van der Waals surface area contributed by atoms with Gasteiger partial charge in [0.1, 0.15) is 12.3 Å². The van der Waals surface area contributed by atoms with Crippen molar-refractivity contribution in [1.29, 1.82) is 0 Å². The number of anilines is 1. The second-order valence-electron chi connectivity index (χ2n) is 11.7. The lowest BCUT2D eigenvalue weighted by molar-refractivity contribution is -0.137. The van der Waals surface area contributed by atoms with Gasteiger partial charge in [0, 0.05) is 49.4 Å². The molecule has 3 aromatic carbocycles. The molecule has 0 aliphatic heterocycles. The Morgan fingerprint density at radius 1 is 0.922 bits per heavy atom. The van der Waals surface area contributed by atoms with Crippen LogP contribution in [0.4, 0.5) is 18.9 Å². The molecular weight excluding hydrogens is 669 g/mol. The van der Waals surface area contributed by atoms with Gasteiger partial charge in [0.05, 0.1) is 29.7 Å². The van der Waals surface area contributed by atoms with Crippen molar-refractivity contribution in [2.45, 2.75) is 32.0 Å². The predicted molar refractivity (Wildman–Crippen MR) is 180 cm³/mol. The van der Waals surface area contributed by atoms with Crippen LogP contribution in [0.5, 0.6) is 5.75 Å². The smallest absolute Gasteiger partial charge is 0.416 e. The largest absolute Gasteiger partial charge is 0.501 e. The lowest BCUT2D eigenvalue weighted by Gasteiger charge is -2.22. The number of carbonyl (C=O) groups is 4. The summed E-state index contributed by atoms with van der Waals surface area (Å²) in [5.41, 5.74) is 1.91. The third-order valence-corrected chi connectivity index (χ3v) is 7.97. The maximum absolute atomic E-state index is 13.6. The zero-order valence-corrected chi connectivity index (χ0v) is 27.6. The molecule has 264 valence electrons. The van der Waals surface area contributed by atoms with Crippen molar-refractivity contribution < 1.29 is 46.9 Å². The highest BCUT2D eigenvalue weighted by molar-refractivity contribution is 5.97. The number of allylic oxidation sites excluding steroid dienone is 3. The van der Waals surface area contributed by atoms with Crippen LogP contribution in [0.2, 0.25) is 0 Å². The van der Waals surface area contributed by atoms with Crippen LogP contribution in [0.25, 0.3) is 11.3 Å². The van der Waals surface area contributed by atoms with Crippen molar-refractivity contribution in [3.8, 4) is 17.0 Å². The molecule has 0 fully saturated rings. The zero-order chi connectivity index (χ0) is 36.7. The number of ether oxygens (including phenoxy) is 2. The molecule has 0 radical (unpaired) electrons. The van der Waals surface area contributed by atoms with Gasteiger partial charge in [-0.05, 0) is 78.2 Å². The van der Waals surface area contributed by atoms with Gasteiger partial charge in [0.2, 0.25) is 5.91 Å². The Morgan fingerprint density at radius 2 is 1.59 bits per heavy atom. The van der Waals surface area contributed by atoms with E-state index in [-0.39, 0.29) is 47.7 Å². The summed E-state index contributed by atoms with van der Waals surface area (Å²) in [5, 5.41) is 16.4. The molecule has 0 unspecified atom stereocenters. The summed E-state index contributed by atoms with van der Waals surface area (Å²) in [7, 11) is 3.10. The Kier molecular flexibility index (Phi) is 11.0. The number of methoxy groups -OCH3 is 1. The molecule has 0 atom stereocenters. The van der Waals surface area contributed by atoms with E-state index in [9.17, 15) is 37.5 Å². The Morgan fingerprint density at radius 3 is 2.18 bits per heavy atom. The van der Waals surface area contributed by atoms with Gasteiger partial charge in [-0.15, -0.1) is 0 Å². The summed E-state index contributed by atoms with van der Waals surface area (Å²) in [6, 6.07) is 20.5. The molecule has 51 heavy (non-hydrogen) atoms. The van der Waals surface area contributed by atoms with Crippen LogP contribution in [0, 0.1) is 0 Å². The first kappa shape index (κ1) is 36.1. The number of benzene rings is 3. The van der Waals surface area contributed by atoms with Gasteiger partial charge in [0.25, 0.3) is 5.91 Å². The fourth-order valence-electron chi connectivity index (χ4n) is 5.41. The minimum absolute atomic E-state index is 0.0187. The maximum atomic E-state index is 13.6. The molecule has 0 saturated heterocycles. The highest BCUT2D eigenvalue weighted by atomic mass is 19.4. The highest BCUT2D eigenvalue weighted by Gasteiger charge is 2.37. The second-order valence-corrected chi connectivity index (χ2v) is 11.7. The molecule has 0 saturated carbocycles. The van der Waals surface area contributed by atoms with Crippen molar-refractivity contribution >= 4 is 29.4 Å². The highest BCUT2D eigenvalue weighted by Crippen LogP contribution is 2.37. The topological polar surface area (TPSA) is 140 Å². The number of rotatable bonds is 12. The van der Waals surface area contributed by atoms with Crippen molar-refractivity contribution in [1.82, 2.24) is 14.7 Å². The average molecular weight is 703 g/mol. The summed E-state index contributed by atoms with van der Waals surface area (Å²) >= 11 is 0. The standard InChI is InChI=1S/C37H33F3N4O7/c1-43-18-17-32(42-43)24-5-7-26(8-6-24)36(49)51-29-14-3-23(4-15-29)21-44(22-34(46)47)35(48)25-9-12-28(13-10-25)41-33(45)19-27-11-16-30(50-2)20-31(27)37(38,39)40/h3-10,12-15,17-18,20H,11,16,19,21-22H2,1-2H3,(H,41,45)(H,46,47). The second kappa shape index (κ2) is 15.6. The van der Waals surface area contributed by atoms with E-state index < -0.39 is 48.5 Å². The van der Waals surface area contributed by atoms with E-state index in [1.54, 1.807) is 41.1 Å². The van der Waals surface area contributed by atoms with Crippen LogP contribution < -0.4 is 10.1 Å². The van der Waals surface area contributed by atoms with E-state index in [1.165, 1.54) is 43.5 Å². The Bertz CT molecular complexity index is 1980. The summed E-state index contributed by atoms with van der Waals surface area (Å²) < 4.78 is 52.8. The Labute approximate surface area is 290 Å². The fourth-order valence-corrected chi connectivity index (χ4v) is 5.41. The molecule has 1 aliphatic rings. The van der Waals surface area contributed by atoms with E-state index >= 15 is 0 Å². The molecule has 1 heterocycles. The number of alkyl halides is 3.